The van der Waals surface area contributed by atoms with Crippen LogP contribution in [0.1, 0.15) is 18.1 Å². The highest BCUT2D eigenvalue weighted by Crippen LogP contribution is 2.39. The lowest BCUT2D eigenvalue weighted by Crippen LogP contribution is -2.27. The number of aromatic hydroxyl groups is 1. The molecule has 1 heterocycles. The maximum atomic E-state index is 12.7. The van der Waals surface area contributed by atoms with E-state index < -0.39 is 11.1 Å². The average molecular weight is 503 g/mol. The second-order valence-electron chi connectivity index (χ2n) is 5.79. The van der Waals surface area contributed by atoms with Crippen molar-refractivity contribution in [2.24, 2.45) is 0 Å². The van der Waals surface area contributed by atoms with Crippen LogP contribution in [0, 0.1) is 0 Å². The summed E-state index contributed by atoms with van der Waals surface area (Å²) in [4.78, 5) is 26.4. The van der Waals surface area contributed by atoms with Gasteiger partial charge in [-0.2, -0.15) is 0 Å². The van der Waals surface area contributed by atoms with Crippen LogP contribution < -0.4 is 4.74 Å². The van der Waals surface area contributed by atoms with Gasteiger partial charge in [0.15, 0.2) is 11.5 Å². The van der Waals surface area contributed by atoms with Crippen LogP contribution in [-0.2, 0) is 11.3 Å². The molecule has 1 saturated heterocycles. The summed E-state index contributed by atoms with van der Waals surface area (Å²) in [7, 11) is 0. The highest BCUT2D eigenvalue weighted by molar-refractivity contribution is 9.10. The minimum atomic E-state index is -0.446. The Morgan fingerprint density at radius 2 is 1.96 bits per heavy atom. The summed E-state index contributed by atoms with van der Waals surface area (Å²) in [6.07, 6.45) is 1.47. The van der Waals surface area contributed by atoms with Gasteiger partial charge in [0.2, 0.25) is 0 Å². The molecule has 0 unspecified atom stereocenters. The van der Waals surface area contributed by atoms with E-state index in [1.807, 2.05) is 0 Å². The van der Waals surface area contributed by atoms with Crippen LogP contribution in [0.2, 0.25) is 10.0 Å². The number of rotatable bonds is 5. The van der Waals surface area contributed by atoms with Gasteiger partial charge in [-0.1, -0.05) is 45.2 Å². The molecule has 5 nitrogen and oxygen atoms in total. The minimum Gasteiger partial charge on any atom is -0.504 e. The van der Waals surface area contributed by atoms with Crippen molar-refractivity contribution in [1.82, 2.24) is 4.90 Å². The number of amides is 2. The number of hydrogen-bond acceptors (Lipinski definition) is 5. The largest absolute Gasteiger partial charge is 0.504 e. The molecule has 1 aliphatic rings. The molecule has 2 aromatic carbocycles. The standard InChI is InChI=1S/C19H14BrCl2NO4S/c1-2-27-15-8-12(20)6-11(17(15)24)7-16-18(25)23(19(26)28-16)9-10-3-4-13(21)14(22)5-10/h3-8,24H,2,9H2,1H3/b16-7-. The maximum Gasteiger partial charge on any atom is 0.293 e. The van der Waals surface area contributed by atoms with Gasteiger partial charge in [-0.15, -0.1) is 0 Å². The Morgan fingerprint density at radius 3 is 2.64 bits per heavy atom. The normalized spacial score (nSPS) is 15.6. The van der Waals surface area contributed by atoms with Crippen LogP contribution in [0.25, 0.3) is 6.08 Å². The lowest BCUT2D eigenvalue weighted by atomic mass is 10.1. The molecular formula is C19H14BrCl2NO4S. The number of phenolic OH excluding ortho intramolecular Hbond substituents is 1. The minimum absolute atomic E-state index is 0.0769. The van der Waals surface area contributed by atoms with Crippen molar-refractivity contribution >= 4 is 68.1 Å². The first-order valence-corrected chi connectivity index (χ1v) is 10.5. The Hall–Kier alpha value is -1.67. The third kappa shape index (κ3) is 4.49. The first-order valence-electron chi connectivity index (χ1n) is 8.14. The maximum absolute atomic E-state index is 12.7. The van der Waals surface area contributed by atoms with Crippen LogP contribution in [0.5, 0.6) is 11.5 Å². The Balaban J connectivity index is 1.88. The Labute approximate surface area is 184 Å². The number of carbonyl (C=O) groups excluding carboxylic acids is 2. The fourth-order valence-electron chi connectivity index (χ4n) is 2.57. The molecule has 0 spiro atoms. The van der Waals surface area contributed by atoms with Gasteiger partial charge in [0.1, 0.15) is 0 Å². The van der Waals surface area contributed by atoms with Crippen molar-refractivity contribution in [2.75, 3.05) is 6.61 Å². The van der Waals surface area contributed by atoms with Crippen molar-refractivity contribution in [1.29, 1.82) is 0 Å². The van der Waals surface area contributed by atoms with E-state index in [4.69, 9.17) is 27.9 Å². The van der Waals surface area contributed by atoms with Gasteiger partial charge in [0.25, 0.3) is 11.1 Å². The molecule has 0 radical (unpaired) electrons. The number of nitrogens with zero attached hydrogens (tertiary/aromatic N) is 1. The number of ether oxygens (including phenoxy) is 1. The van der Waals surface area contributed by atoms with Crippen molar-refractivity contribution in [3.63, 3.8) is 0 Å². The molecule has 1 N–H and O–H groups in total. The molecule has 0 aliphatic carbocycles. The molecule has 1 aliphatic heterocycles. The average Bonchev–Trinajstić information content (AvgIpc) is 2.89. The van der Waals surface area contributed by atoms with E-state index in [1.165, 1.54) is 6.08 Å². The first kappa shape index (κ1) is 21.0. The monoisotopic (exact) mass is 501 g/mol. The molecule has 0 aromatic heterocycles. The van der Waals surface area contributed by atoms with E-state index in [2.05, 4.69) is 15.9 Å². The quantitative estimate of drug-likeness (QED) is 0.500. The van der Waals surface area contributed by atoms with Crippen molar-refractivity contribution < 1.29 is 19.4 Å². The molecular weight excluding hydrogens is 489 g/mol. The van der Waals surface area contributed by atoms with E-state index in [0.29, 0.717) is 32.3 Å². The van der Waals surface area contributed by atoms with Gasteiger partial charge in [0.05, 0.1) is 28.1 Å². The summed E-state index contributed by atoms with van der Waals surface area (Å²) in [5, 5.41) is 10.7. The number of hydrogen-bond donors (Lipinski definition) is 1. The number of halogens is 3. The van der Waals surface area contributed by atoms with E-state index in [-0.39, 0.29) is 22.9 Å². The van der Waals surface area contributed by atoms with Crippen molar-refractivity contribution in [3.05, 3.63) is 60.9 Å². The summed E-state index contributed by atoms with van der Waals surface area (Å²) in [6, 6.07) is 8.21. The molecule has 2 amide bonds. The Kier molecular flexibility index (Phi) is 6.60. The lowest BCUT2D eigenvalue weighted by Gasteiger charge is -2.13. The lowest BCUT2D eigenvalue weighted by molar-refractivity contribution is -0.123. The summed E-state index contributed by atoms with van der Waals surface area (Å²) >= 11 is 16.1. The zero-order chi connectivity index (χ0) is 20.4. The zero-order valence-corrected chi connectivity index (χ0v) is 18.5. The van der Waals surface area contributed by atoms with Gasteiger partial charge < -0.3 is 9.84 Å². The van der Waals surface area contributed by atoms with Gasteiger partial charge in [-0.3, -0.25) is 14.5 Å². The molecule has 9 heteroatoms. The SMILES string of the molecule is CCOc1cc(Br)cc(/C=C2\SC(=O)N(Cc3ccc(Cl)c(Cl)c3)C2=O)c1O. The molecule has 3 rings (SSSR count). The first-order chi connectivity index (χ1) is 13.3. The third-order valence-corrected chi connectivity index (χ3v) is 5.96. The molecule has 2 aromatic rings. The molecule has 146 valence electrons. The molecule has 0 atom stereocenters. The molecule has 0 saturated carbocycles. The van der Waals surface area contributed by atoms with E-state index in [9.17, 15) is 14.7 Å². The highest BCUT2D eigenvalue weighted by Gasteiger charge is 2.35. The van der Waals surface area contributed by atoms with Crippen LogP contribution in [0.3, 0.4) is 0 Å². The number of thioether (sulfide) groups is 1. The smallest absolute Gasteiger partial charge is 0.293 e. The Morgan fingerprint density at radius 1 is 1.21 bits per heavy atom. The van der Waals surface area contributed by atoms with Crippen molar-refractivity contribution in [2.45, 2.75) is 13.5 Å². The number of phenols is 1. The van der Waals surface area contributed by atoms with Gasteiger partial charge >= 0.3 is 0 Å². The van der Waals surface area contributed by atoms with Gasteiger partial charge in [-0.05, 0) is 54.6 Å². The summed E-state index contributed by atoms with van der Waals surface area (Å²) in [6.45, 7) is 2.26. The molecule has 0 bridgehead atoms. The van der Waals surface area contributed by atoms with Crippen molar-refractivity contribution in [3.8, 4) is 11.5 Å². The van der Waals surface area contributed by atoms with E-state index in [1.54, 1.807) is 37.3 Å². The van der Waals surface area contributed by atoms with Gasteiger partial charge in [0, 0.05) is 10.0 Å². The zero-order valence-electron chi connectivity index (χ0n) is 14.5. The second kappa shape index (κ2) is 8.78. The highest BCUT2D eigenvalue weighted by atomic mass is 79.9. The fourth-order valence-corrected chi connectivity index (χ4v) is 4.17. The van der Waals surface area contributed by atoms with Crippen LogP contribution in [0.4, 0.5) is 4.79 Å². The second-order valence-corrected chi connectivity index (χ2v) is 8.51. The molecule has 1 fully saturated rings. The summed E-state index contributed by atoms with van der Waals surface area (Å²) in [5.74, 6) is -0.252. The molecule has 28 heavy (non-hydrogen) atoms. The summed E-state index contributed by atoms with van der Waals surface area (Å²) in [5.41, 5.74) is 1.06. The van der Waals surface area contributed by atoms with Crippen LogP contribution in [-0.4, -0.2) is 27.8 Å². The van der Waals surface area contributed by atoms with Crippen LogP contribution >= 0.6 is 50.9 Å². The topological polar surface area (TPSA) is 66.8 Å². The number of benzene rings is 2. The van der Waals surface area contributed by atoms with Gasteiger partial charge in [-0.25, -0.2) is 0 Å². The number of carbonyl (C=O) groups is 2. The van der Waals surface area contributed by atoms with E-state index in [0.717, 1.165) is 16.7 Å². The fraction of sp³-hybridized carbons (Fsp3) is 0.158. The Bertz CT molecular complexity index is 996. The number of imide groups is 1. The third-order valence-electron chi connectivity index (χ3n) is 3.85. The predicted octanol–water partition coefficient (Wildman–Crippen LogP) is 6.10. The predicted molar refractivity (Wildman–Crippen MR) is 115 cm³/mol. The van der Waals surface area contributed by atoms with Crippen LogP contribution in [0.15, 0.2) is 39.7 Å². The van der Waals surface area contributed by atoms with E-state index >= 15 is 0 Å². The summed E-state index contributed by atoms with van der Waals surface area (Å²) < 4.78 is 6.07.